The summed E-state index contributed by atoms with van der Waals surface area (Å²) >= 11 is 0. The lowest BCUT2D eigenvalue weighted by molar-refractivity contribution is 0.104. The molecule has 5 nitrogen and oxygen atoms in total. The molecule has 1 aromatic carbocycles. The molecule has 1 saturated heterocycles. The summed E-state index contributed by atoms with van der Waals surface area (Å²) in [5.41, 5.74) is 3.27. The highest BCUT2D eigenvalue weighted by Crippen LogP contribution is 2.21. The lowest BCUT2D eigenvalue weighted by Gasteiger charge is -2.16. The Morgan fingerprint density at radius 3 is 2.80 bits per heavy atom. The molecule has 3 rings (SSSR count). The van der Waals surface area contributed by atoms with Crippen LogP contribution in [0, 0.1) is 0 Å². The van der Waals surface area contributed by atoms with E-state index in [2.05, 4.69) is 27.8 Å². The number of rotatable bonds is 6. The second kappa shape index (κ2) is 8.62. The van der Waals surface area contributed by atoms with Crippen LogP contribution in [0.25, 0.3) is 11.1 Å². The first-order valence-corrected chi connectivity index (χ1v) is 8.89. The number of hydrogen-bond acceptors (Lipinski definition) is 3. The van der Waals surface area contributed by atoms with Crippen LogP contribution in [0.15, 0.2) is 48.8 Å². The zero-order valence-electron chi connectivity index (χ0n) is 14.6. The molecule has 132 valence electrons. The van der Waals surface area contributed by atoms with Gasteiger partial charge in [0.25, 0.3) is 0 Å². The van der Waals surface area contributed by atoms with E-state index >= 15 is 0 Å². The van der Waals surface area contributed by atoms with Gasteiger partial charge in [-0.2, -0.15) is 0 Å². The summed E-state index contributed by atoms with van der Waals surface area (Å²) in [6, 6.07) is 12.0. The Hall–Kier alpha value is -2.40. The van der Waals surface area contributed by atoms with Gasteiger partial charge in [0, 0.05) is 25.5 Å². The van der Waals surface area contributed by atoms with Gasteiger partial charge in [-0.15, -0.1) is 0 Å². The Bertz CT molecular complexity index is 667. The maximum atomic E-state index is 12.0. The molecule has 1 aliphatic rings. The number of carbonyl (C=O) groups is 1. The van der Waals surface area contributed by atoms with E-state index in [1.165, 1.54) is 0 Å². The topological polar surface area (TPSA) is 63.2 Å². The van der Waals surface area contributed by atoms with Gasteiger partial charge >= 0.3 is 6.03 Å². The fraction of sp³-hybridized carbons (Fsp3) is 0.400. The highest BCUT2D eigenvalue weighted by Gasteiger charge is 2.15. The van der Waals surface area contributed by atoms with E-state index in [0.717, 1.165) is 42.6 Å². The van der Waals surface area contributed by atoms with E-state index in [0.29, 0.717) is 12.6 Å². The molecule has 2 heterocycles. The van der Waals surface area contributed by atoms with Crippen LogP contribution in [-0.4, -0.2) is 30.3 Å². The van der Waals surface area contributed by atoms with Gasteiger partial charge in [-0.3, -0.25) is 4.98 Å². The van der Waals surface area contributed by atoms with Crippen molar-refractivity contribution in [3.05, 3.63) is 54.4 Å². The predicted molar refractivity (Wildman–Crippen MR) is 98.2 cm³/mol. The van der Waals surface area contributed by atoms with Gasteiger partial charge in [0.1, 0.15) is 0 Å². The highest BCUT2D eigenvalue weighted by molar-refractivity contribution is 5.74. The number of amides is 2. The van der Waals surface area contributed by atoms with Crippen molar-refractivity contribution in [3.8, 4) is 11.1 Å². The van der Waals surface area contributed by atoms with Crippen LogP contribution in [0.1, 0.15) is 37.8 Å². The molecule has 2 atom stereocenters. The third-order valence-corrected chi connectivity index (χ3v) is 4.53. The van der Waals surface area contributed by atoms with Crippen molar-refractivity contribution in [2.45, 2.75) is 38.3 Å². The number of pyridine rings is 1. The number of urea groups is 1. The fourth-order valence-corrected chi connectivity index (χ4v) is 3.05. The summed E-state index contributed by atoms with van der Waals surface area (Å²) in [6.45, 7) is 3.48. The minimum atomic E-state index is -0.137. The van der Waals surface area contributed by atoms with Crippen LogP contribution in [0.3, 0.4) is 0 Å². The quantitative estimate of drug-likeness (QED) is 0.844. The first-order chi connectivity index (χ1) is 12.2. The molecule has 2 amide bonds. The molecule has 0 spiro atoms. The standard InChI is InChI=1S/C20H25N3O2/c1-15(23-20(24)22-12-10-19-5-3-13-25-19)16-6-8-17(9-7-16)18-4-2-11-21-14-18/h2,4,6-9,11,14-15,19H,3,5,10,12-13H2,1H3,(H2,22,23,24). The van der Waals surface area contributed by atoms with Gasteiger partial charge in [-0.1, -0.05) is 30.3 Å². The summed E-state index contributed by atoms with van der Waals surface area (Å²) in [5, 5.41) is 5.89. The molecule has 1 aromatic heterocycles. The van der Waals surface area contributed by atoms with Gasteiger partial charge < -0.3 is 15.4 Å². The van der Waals surface area contributed by atoms with Gasteiger partial charge in [0.05, 0.1) is 12.1 Å². The molecule has 2 aromatic rings. The van der Waals surface area contributed by atoms with Crippen LogP contribution < -0.4 is 10.6 Å². The van der Waals surface area contributed by atoms with Crippen LogP contribution in [0.2, 0.25) is 0 Å². The molecule has 1 aliphatic heterocycles. The molecule has 5 heteroatoms. The van der Waals surface area contributed by atoms with Crippen LogP contribution in [-0.2, 0) is 4.74 Å². The van der Waals surface area contributed by atoms with Gasteiger partial charge in [0.15, 0.2) is 0 Å². The summed E-state index contributed by atoms with van der Waals surface area (Å²) in [6.07, 6.45) is 7.02. The minimum absolute atomic E-state index is 0.0503. The number of aromatic nitrogens is 1. The SMILES string of the molecule is CC(NC(=O)NCCC1CCCO1)c1ccc(-c2cccnc2)cc1. The van der Waals surface area contributed by atoms with E-state index < -0.39 is 0 Å². The van der Waals surface area contributed by atoms with Gasteiger partial charge in [-0.25, -0.2) is 4.79 Å². The zero-order valence-corrected chi connectivity index (χ0v) is 14.6. The number of hydrogen-bond donors (Lipinski definition) is 2. The Labute approximate surface area is 148 Å². The third-order valence-electron chi connectivity index (χ3n) is 4.53. The molecule has 0 bridgehead atoms. The number of carbonyl (C=O) groups excluding carboxylic acids is 1. The number of nitrogens with one attached hydrogen (secondary N) is 2. The number of nitrogens with zero attached hydrogens (tertiary/aromatic N) is 1. The molecule has 25 heavy (non-hydrogen) atoms. The number of ether oxygens (including phenoxy) is 1. The maximum absolute atomic E-state index is 12.0. The monoisotopic (exact) mass is 339 g/mol. The molecular formula is C20H25N3O2. The lowest BCUT2D eigenvalue weighted by Crippen LogP contribution is -2.38. The van der Waals surface area contributed by atoms with E-state index in [-0.39, 0.29) is 12.1 Å². The van der Waals surface area contributed by atoms with Gasteiger partial charge in [-0.05, 0) is 48.9 Å². The summed E-state index contributed by atoms with van der Waals surface area (Å²) in [4.78, 5) is 16.2. The molecule has 0 aliphatic carbocycles. The van der Waals surface area contributed by atoms with E-state index in [1.54, 1.807) is 6.20 Å². The molecule has 2 unspecified atom stereocenters. The third kappa shape index (κ3) is 5.03. The van der Waals surface area contributed by atoms with Crippen molar-refractivity contribution in [1.82, 2.24) is 15.6 Å². The molecule has 2 N–H and O–H groups in total. The van der Waals surface area contributed by atoms with E-state index in [1.807, 2.05) is 37.4 Å². The van der Waals surface area contributed by atoms with Crippen molar-refractivity contribution >= 4 is 6.03 Å². The van der Waals surface area contributed by atoms with Crippen molar-refractivity contribution in [2.24, 2.45) is 0 Å². The first kappa shape index (κ1) is 17.4. The Morgan fingerprint density at radius 2 is 2.12 bits per heavy atom. The highest BCUT2D eigenvalue weighted by atomic mass is 16.5. The Kier molecular flexibility index (Phi) is 6.01. The normalized spacial score (nSPS) is 17.9. The van der Waals surface area contributed by atoms with Crippen LogP contribution >= 0.6 is 0 Å². The average Bonchev–Trinajstić information content (AvgIpc) is 3.16. The summed E-state index contributed by atoms with van der Waals surface area (Å²) in [7, 11) is 0. The Morgan fingerprint density at radius 1 is 1.28 bits per heavy atom. The number of benzene rings is 1. The Balaban J connectivity index is 1.47. The predicted octanol–water partition coefficient (Wildman–Crippen LogP) is 3.68. The summed E-state index contributed by atoms with van der Waals surface area (Å²) < 4.78 is 5.56. The van der Waals surface area contributed by atoms with E-state index in [9.17, 15) is 4.79 Å². The maximum Gasteiger partial charge on any atom is 0.315 e. The molecule has 0 radical (unpaired) electrons. The molecule has 0 saturated carbocycles. The largest absolute Gasteiger partial charge is 0.378 e. The van der Waals surface area contributed by atoms with Crippen molar-refractivity contribution in [2.75, 3.05) is 13.2 Å². The van der Waals surface area contributed by atoms with E-state index in [4.69, 9.17) is 4.74 Å². The average molecular weight is 339 g/mol. The van der Waals surface area contributed by atoms with Crippen LogP contribution in [0.4, 0.5) is 4.79 Å². The zero-order chi connectivity index (χ0) is 17.5. The lowest BCUT2D eigenvalue weighted by atomic mass is 10.0. The summed E-state index contributed by atoms with van der Waals surface area (Å²) in [5.74, 6) is 0. The van der Waals surface area contributed by atoms with Crippen molar-refractivity contribution in [3.63, 3.8) is 0 Å². The van der Waals surface area contributed by atoms with Crippen LogP contribution in [0.5, 0.6) is 0 Å². The fourth-order valence-electron chi connectivity index (χ4n) is 3.05. The molecule has 1 fully saturated rings. The molecular weight excluding hydrogens is 314 g/mol. The second-order valence-corrected chi connectivity index (χ2v) is 6.41. The minimum Gasteiger partial charge on any atom is -0.378 e. The van der Waals surface area contributed by atoms with Crippen molar-refractivity contribution < 1.29 is 9.53 Å². The second-order valence-electron chi connectivity index (χ2n) is 6.41. The first-order valence-electron chi connectivity index (χ1n) is 8.89. The van der Waals surface area contributed by atoms with Crippen molar-refractivity contribution in [1.29, 1.82) is 0 Å². The smallest absolute Gasteiger partial charge is 0.315 e. The van der Waals surface area contributed by atoms with Gasteiger partial charge in [0.2, 0.25) is 0 Å².